The molecular formula is C15H14NO3. The van der Waals surface area contributed by atoms with Crippen molar-refractivity contribution in [1.82, 2.24) is 0 Å². The summed E-state index contributed by atoms with van der Waals surface area (Å²) in [6, 6.07) is 14.9. The number of hydrogen-bond donors (Lipinski definition) is 1. The molecule has 0 heterocycles. The van der Waals surface area contributed by atoms with Crippen LogP contribution in [0.15, 0.2) is 42.5 Å². The number of methoxy groups -OCH3 is 2. The lowest BCUT2D eigenvalue weighted by Gasteiger charge is -2.10. The average molecular weight is 256 g/mol. The maximum atomic E-state index is 12.0. The average Bonchev–Trinajstić information content (AvgIpc) is 2.48. The third kappa shape index (κ3) is 3.04. The number of anilines is 1. The number of benzene rings is 2. The minimum absolute atomic E-state index is 0.191. The highest BCUT2D eigenvalue weighted by Crippen LogP contribution is 2.29. The first-order valence-corrected chi connectivity index (χ1v) is 5.74. The van der Waals surface area contributed by atoms with Crippen LogP contribution in [-0.4, -0.2) is 20.1 Å². The van der Waals surface area contributed by atoms with Gasteiger partial charge in [-0.25, -0.2) is 0 Å². The summed E-state index contributed by atoms with van der Waals surface area (Å²) >= 11 is 0. The van der Waals surface area contributed by atoms with Crippen LogP contribution < -0.4 is 14.8 Å². The lowest BCUT2D eigenvalue weighted by atomic mass is 10.2. The van der Waals surface area contributed by atoms with Crippen molar-refractivity contribution in [3.63, 3.8) is 0 Å². The number of rotatable bonds is 4. The van der Waals surface area contributed by atoms with Crippen LogP contribution in [-0.2, 0) is 0 Å². The zero-order chi connectivity index (χ0) is 13.7. The second-order valence-corrected chi connectivity index (χ2v) is 3.82. The van der Waals surface area contributed by atoms with Gasteiger partial charge >= 0.3 is 0 Å². The Hall–Kier alpha value is -2.49. The Morgan fingerprint density at radius 1 is 1.16 bits per heavy atom. The summed E-state index contributed by atoms with van der Waals surface area (Å²) in [6.07, 6.45) is 0. The van der Waals surface area contributed by atoms with Gasteiger partial charge in [-0.3, -0.25) is 4.79 Å². The molecule has 0 aliphatic carbocycles. The van der Waals surface area contributed by atoms with Crippen LogP contribution in [0.2, 0.25) is 0 Å². The first kappa shape index (κ1) is 13.0. The SMILES string of the molecule is COc1ccc(NC(=O)c2c[c]ccc2)cc1OC. The molecule has 0 saturated heterocycles. The molecule has 0 bridgehead atoms. The van der Waals surface area contributed by atoms with Crippen LogP contribution in [0.4, 0.5) is 5.69 Å². The van der Waals surface area contributed by atoms with E-state index in [1.807, 2.05) is 0 Å². The molecule has 0 fully saturated rings. The highest BCUT2D eigenvalue weighted by Gasteiger charge is 2.08. The number of hydrogen-bond acceptors (Lipinski definition) is 3. The van der Waals surface area contributed by atoms with Crippen molar-refractivity contribution in [2.24, 2.45) is 0 Å². The second kappa shape index (κ2) is 5.91. The van der Waals surface area contributed by atoms with Gasteiger partial charge in [0.15, 0.2) is 11.5 Å². The zero-order valence-electron chi connectivity index (χ0n) is 10.8. The van der Waals surface area contributed by atoms with Crippen molar-refractivity contribution >= 4 is 11.6 Å². The van der Waals surface area contributed by atoms with E-state index in [1.165, 1.54) is 0 Å². The Labute approximate surface area is 112 Å². The molecule has 1 N–H and O–H groups in total. The number of carbonyl (C=O) groups excluding carboxylic acids is 1. The van der Waals surface area contributed by atoms with Crippen molar-refractivity contribution in [2.45, 2.75) is 0 Å². The Kier molecular flexibility index (Phi) is 4.03. The highest BCUT2D eigenvalue weighted by atomic mass is 16.5. The third-order valence-electron chi connectivity index (χ3n) is 2.61. The van der Waals surface area contributed by atoms with Gasteiger partial charge in [-0.15, -0.1) is 0 Å². The van der Waals surface area contributed by atoms with E-state index in [0.29, 0.717) is 22.7 Å². The highest BCUT2D eigenvalue weighted by molar-refractivity contribution is 6.04. The number of ether oxygens (including phenoxy) is 2. The molecule has 0 saturated carbocycles. The Morgan fingerprint density at radius 3 is 2.58 bits per heavy atom. The summed E-state index contributed by atoms with van der Waals surface area (Å²) in [6.45, 7) is 0. The lowest BCUT2D eigenvalue weighted by Crippen LogP contribution is -2.11. The summed E-state index contributed by atoms with van der Waals surface area (Å²) in [5, 5.41) is 2.79. The summed E-state index contributed by atoms with van der Waals surface area (Å²) in [7, 11) is 3.12. The second-order valence-electron chi connectivity index (χ2n) is 3.82. The van der Waals surface area contributed by atoms with Crippen molar-refractivity contribution in [2.75, 3.05) is 19.5 Å². The molecule has 2 aromatic rings. The van der Waals surface area contributed by atoms with Gasteiger partial charge in [0.2, 0.25) is 0 Å². The summed E-state index contributed by atoms with van der Waals surface area (Å²) in [4.78, 5) is 12.0. The molecule has 2 rings (SSSR count). The predicted octanol–water partition coefficient (Wildman–Crippen LogP) is 2.76. The molecule has 2 aromatic carbocycles. The first-order chi connectivity index (χ1) is 9.24. The molecule has 0 aromatic heterocycles. The van der Waals surface area contributed by atoms with E-state index in [9.17, 15) is 4.79 Å². The molecule has 19 heavy (non-hydrogen) atoms. The molecule has 0 spiro atoms. The van der Waals surface area contributed by atoms with Crippen LogP contribution in [0, 0.1) is 6.07 Å². The van der Waals surface area contributed by atoms with Crippen molar-refractivity contribution < 1.29 is 14.3 Å². The summed E-state index contributed by atoms with van der Waals surface area (Å²) in [5.41, 5.74) is 1.20. The van der Waals surface area contributed by atoms with E-state index >= 15 is 0 Å². The fourth-order valence-corrected chi connectivity index (χ4v) is 1.65. The Morgan fingerprint density at radius 2 is 1.95 bits per heavy atom. The van der Waals surface area contributed by atoms with E-state index in [2.05, 4.69) is 11.4 Å². The van der Waals surface area contributed by atoms with Gasteiger partial charge < -0.3 is 14.8 Å². The molecule has 97 valence electrons. The fraction of sp³-hybridized carbons (Fsp3) is 0.133. The van der Waals surface area contributed by atoms with Gasteiger partial charge in [-0.05, 0) is 30.3 Å². The van der Waals surface area contributed by atoms with Gasteiger partial charge in [0, 0.05) is 17.3 Å². The van der Waals surface area contributed by atoms with Crippen molar-refractivity contribution in [3.8, 4) is 11.5 Å². The quantitative estimate of drug-likeness (QED) is 0.915. The molecule has 0 atom stereocenters. The van der Waals surface area contributed by atoms with Gasteiger partial charge in [-0.1, -0.05) is 12.1 Å². The predicted molar refractivity (Wildman–Crippen MR) is 72.8 cm³/mol. The minimum atomic E-state index is -0.191. The molecular weight excluding hydrogens is 242 g/mol. The zero-order valence-corrected chi connectivity index (χ0v) is 10.8. The van der Waals surface area contributed by atoms with Crippen LogP contribution in [0.5, 0.6) is 11.5 Å². The molecule has 0 unspecified atom stereocenters. The smallest absolute Gasteiger partial charge is 0.255 e. The molecule has 0 aliphatic heterocycles. The molecule has 0 aliphatic rings. The summed E-state index contributed by atoms with van der Waals surface area (Å²) < 4.78 is 10.3. The molecule has 1 amide bonds. The normalized spacial score (nSPS) is 9.79. The van der Waals surface area contributed by atoms with Crippen molar-refractivity contribution in [3.05, 3.63) is 54.1 Å². The van der Waals surface area contributed by atoms with Gasteiger partial charge in [-0.2, -0.15) is 0 Å². The van der Waals surface area contributed by atoms with Gasteiger partial charge in [0.25, 0.3) is 5.91 Å². The van der Waals surface area contributed by atoms with Crippen LogP contribution in [0.1, 0.15) is 10.4 Å². The van der Waals surface area contributed by atoms with Gasteiger partial charge in [0.05, 0.1) is 14.2 Å². The van der Waals surface area contributed by atoms with E-state index in [1.54, 1.807) is 56.7 Å². The number of amides is 1. The van der Waals surface area contributed by atoms with E-state index in [4.69, 9.17) is 9.47 Å². The minimum Gasteiger partial charge on any atom is -0.493 e. The van der Waals surface area contributed by atoms with Gasteiger partial charge in [0.1, 0.15) is 0 Å². The Balaban J connectivity index is 2.18. The standard InChI is InChI=1S/C15H14NO3/c1-18-13-9-8-12(10-14(13)19-2)16-15(17)11-6-4-3-5-7-11/h3-4,6-10H,1-2H3,(H,16,17). The van der Waals surface area contributed by atoms with Crippen LogP contribution >= 0.6 is 0 Å². The monoisotopic (exact) mass is 256 g/mol. The van der Waals surface area contributed by atoms with Crippen molar-refractivity contribution in [1.29, 1.82) is 0 Å². The van der Waals surface area contributed by atoms with E-state index in [-0.39, 0.29) is 5.91 Å². The summed E-state index contributed by atoms with van der Waals surface area (Å²) in [5.74, 6) is 0.998. The topological polar surface area (TPSA) is 47.6 Å². The van der Waals surface area contributed by atoms with Crippen LogP contribution in [0.3, 0.4) is 0 Å². The largest absolute Gasteiger partial charge is 0.493 e. The number of carbonyl (C=O) groups is 1. The third-order valence-corrected chi connectivity index (χ3v) is 2.61. The lowest BCUT2D eigenvalue weighted by molar-refractivity contribution is 0.102. The Bertz CT molecular complexity index is 567. The number of nitrogens with one attached hydrogen (secondary N) is 1. The maximum absolute atomic E-state index is 12.0. The van der Waals surface area contributed by atoms with E-state index in [0.717, 1.165) is 0 Å². The van der Waals surface area contributed by atoms with Crippen LogP contribution in [0.25, 0.3) is 0 Å². The molecule has 4 heteroatoms. The first-order valence-electron chi connectivity index (χ1n) is 5.74. The fourth-order valence-electron chi connectivity index (χ4n) is 1.65. The molecule has 4 nitrogen and oxygen atoms in total. The molecule has 1 radical (unpaired) electrons. The van der Waals surface area contributed by atoms with E-state index < -0.39 is 0 Å². The maximum Gasteiger partial charge on any atom is 0.255 e.